The highest BCUT2D eigenvalue weighted by Crippen LogP contribution is 2.24. The van der Waals surface area contributed by atoms with Gasteiger partial charge in [0, 0.05) is 0 Å². The summed E-state index contributed by atoms with van der Waals surface area (Å²) in [7, 11) is -3.54. The molecular formula is C15H20O5S. The molecule has 1 aliphatic rings. The zero-order valence-electron chi connectivity index (χ0n) is 12.2. The van der Waals surface area contributed by atoms with Gasteiger partial charge in [-0.05, 0) is 43.9 Å². The van der Waals surface area contributed by atoms with Crippen LogP contribution >= 0.6 is 0 Å². The number of carboxylic acids is 1. The number of aryl methyl sites for hydroxylation is 1. The summed E-state index contributed by atoms with van der Waals surface area (Å²) in [5.41, 5.74) is 0.687. The molecule has 1 aliphatic heterocycles. The second kappa shape index (κ2) is 6.15. The van der Waals surface area contributed by atoms with Gasteiger partial charge in [-0.1, -0.05) is 13.0 Å². The van der Waals surface area contributed by atoms with E-state index in [9.17, 15) is 18.3 Å². The Morgan fingerprint density at radius 2 is 2.10 bits per heavy atom. The van der Waals surface area contributed by atoms with Crippen molar-refractivity contribution in [2.24, 2.45) is 0 Å². The van der Waals surface area contributed by atoms with Crippen molar-refractivity contribution in [1.29, 1.82) is 0 Å². The molecule has 0 bridgehead atoms. The molecule has 116 valence electrons. The molecule has 5 nitrogen and oxygen atoms in total. The summed E-state index contributed by atoms with van der Waals surface area (Å²) in [6, 6.07) is 4.32. The lowest BCUT2D eigenvalue weighted by Gasteiger charge is -2.13. The highest BCUT2D eigenvalue weighted by Gasteiger charge is 2.28. The van der Waals surface area contributed by atoms with Gasteiger partial charge in [0.05, 0.1) is 28.4 Å². The van der Waals surface area contributed by atoms with Crippen molar-refractivity contribution < 1.29 is 23.1 Å². The molecule has 2 atom stereocenters. The lowest BCUT2D eigenvalue weighted by molar-refractivity contribution is 0.0688. The highest BCUT2D eigenvalue weighted by molar-refractivity contribution is 7.91. The third-order valence-electron chi connectivity index (χ3n) is 3.78. The van der Waals surface area contributed by atoms with Crippen molar-refractivity contribution in [3.8, 4) is 0 Å². The van der Waals surface area contributed by atoms with Gasteiger partial charge in [-0.3, -0.25) is 0 Å². The largest absolute Gasteiger partial charge is 0.478 e. The predicted molar refractivity (Wildman–Crippen MR) is 78.4 cm³/mol. The van der Waals surface area contributed by atoms with E-state index in [-0.39, 0.29) is 28.4 Å². The maximum Gasteiger partial charge on any atom is 0.336 e. The third-order valence-corrected chi connectivity index (χ3v) is 5.56. The Bertz CT molecular complexity index is 635. The molecule has 2 unspecified atom stereocenters. The van der Waals surface area contributed by atoms with Crippen LogP contribution in [0.25, 0.3) is 0 Å². The van der Waals surface area contributed by atoms with Crippen LogP contribution in [0.3, 0.4) is 0 Å². The van der Waals surface area contributed by atoms with E-state index in [1.165, 1.54) is 12.1 Å². The fourth-order valence-corrected chi connectivity index (χ4v) is 4.11. The zero-order valence-corrected chi connectivity index (χ0v) is 13.0. The van der Waals surface area contributed by atoms with Crippen LogP contribution in [0.4, 0.5) is 0 Å². The van der Waals surface area contributed by atoms with E-state index in [0.717, 1.165) is 12.8 Å². The number of benzene rings is 1. The summed E-state index contributed by atoms with van der Waals surface area (Å²) < 4.78 is 30.3. The fraction of sp³-hybridized carbons (Fsp3) is 0.533. The molecule has 1 aromatic rings. The molecule has 6 heteroatoms. The summed E-state index contributed by atoms with van der Waals surface area (Å²) in [6.07, 6.45) is 1.91. The van der Waals surface area contributed by atoms with E-state index in [1.54, 1.807) is 6.07 Å². The van der Waals surface area contributed by atoms with Crippen LogP contribution in [0.5, 0.6) is 0 Å². The average molecular weight is 312 g/mol. The molecule has 1 saturated heterocycles. The molecule has 0 saturated carbocycles. The minimum absolute atomic E-state index is 0.0549. The van der Waals surface area contributed by atoms with Gasteiger partial charge in [-0.25, -0.2) is 13.2 Å². The highest BCUT2D eigenvalue weighted by atomic mass is 32.2. The van der Waals surface area contributed by atoms with E-state index >= 15 is 0 Å². The van der Waals surface area contributed by atoms with Crippen LogP contribution in [0.1, 0.15) is 42.6 Å². The summed E-state index contributed by atoms with van der Waals surface area (Å²) >= 11 is 0. The topological polar surface area (TPSA) is 80.7 Å². The Balaban J connectivity index is 2.27. The van der Waals surface area contributed by atoms with Crippen LogP contribution in [-0.4, -0.2) is 37.5 Å². The number of ether oxygens (including phenoxy) is 1. The second-order valence-electron chi connectivity index (χ2n) is 5.41. The molecule has 0 aromatic heterocycles. The van der Waals surface area contributed by atoms with Crippen molar-refractivity contribution >= 4 is 15.8 Å². The molecule has 2 rings (SSSR count). The Labute approximate surface area is 124 Å². The molecule has 1 fully saturated rings. The Morgan fingerprint density at radius 1 is 1.38 bits per heavy atom. The van der Waals surface area contributed by atoms with Gasteiger partial charge in [-0.2, -0.15) is 0 Å². The molecule has 0 amide bonds. The monoisotopic (exact) mass is 312 g/mol. The SMILES string of the molecule is CCc1ccc(S(=O)(=O)CC2CCC(C)O2)cc1C(=O)O. The lowest BCUT2D eigenvalue weighted by Crippen LogP contribution is -2.21. The smallest absolute Gasteiger partial charge is 0.336 e. The van der Waals surface area contributed by atoms with Crippen LogP contribution in [-0.2, 0) is 21.0 Å². The van der Waals surface area contributed by atoms with Crippen LogP contribution in [0.2, 0.25) is 0 Å². The average Bonchev–Trinajstić information content (AvgIpc) is 2.82. The minimum Gasteiger partial charge on any atom is -0.478 e. The second-order valence-corrected chi connectivity index (χ2v) is 7.44. The number of sulfone groups is 1. The number of rotatable bonds is 5. The van der Waals surface area contributed by atoms with Crippen molar-refractivity contribution in [2.45, 2.75) is 50.2 Å². The first-order valence-corrected chi connectivity index (χ1v) is 8.73. The van der Waals surface area contributed by atoms with Crippen molar-refractivity contribution in [3.05, 3.63) is 29.3 Å². The molecule has 1 N–H and O–H groups in total. The van der Waals surface area contributed by atoms with Crippen LogP contribution in [0.15, 0.2) is 23.1 Å². The van der Waals surface area contributed by atoms with E-state index < -0.39 is 15.8 Å². The third kappa shape index (κ3) is 3.63. The van der Waals surface area contributed by atoms with E-state index in [0.29, 0.717) is 12.0 Å². The zero-order chi connectivity index (χ0) is 15.6. The lowest BCUT2D eigenvalue weighted by atomic mass is 10.1. The molecule has 0 aliphatic carbocycles. The van der Waals surface area contributed by atoms with Gasteiger partial charge in [0.2, 0.25) is 0 Å². The number of carbonyl (C=O) groups is 1. The standard InChI is InChI=1S/C15H20O5S/c1-3-11-5-7-13(8-14(11)15(16)17)21(18,19)9-12-6-4-10(2)20-12/h5,7-8,10,12H,3-4,6,9H2,1-2H3,(H,16,17). The first kappa shape index (κ1) is 16.0. The molecule has 1 aromatic carbocycles. The van der Waals surface area contributed by atoms with Crippen molar-refractivity contribution in [3.63, 3.8) is 0 Å². The first-order valence-electron chi connectivity index (χ1n) is 7.08. The maximum absolute atomic E-state index is 12.4. The number of carboxylic acid groups (broad SMARTS) is 1. The number of hydrogen-bond acceptors (Lipinski definition) is 4. The van der Waals surface area contributed by atoms with Gasteiger partial charge in [-0.15, -0.1) is 0 Å². The Morgan fingerprint density at radius 3 is 2.62 bits per heavy atom. The van der Waals surface area contributed by atoms with Gasteiger partial charge >= 0.3 is 5.97 Å². The maximum atomic E-state index is 12.4. The number of aromatic carboxylic acids is 1. The van der Waals surface area contributed by atoms with Gasteiger partial charge in [0.25, 0.3) is 0 Å². The van der Waals surface area contributed by atoms with Crippen molar-refractivity contribution in [1.82, 2.24) is 0 Å². The Kier molecular flexibility index (Phi) is 4.68. The van der Waals surface area contributed by atoms with Gasteiger partial charge < -0.3 is 9.84 Å². The predicted octanol–water partition coefficient (Wildman–Crippen LogP) is 2.29. The van der Waals surface area contributed by atoms with Gasteiger partial charge in [0.15, 0.2) is 9.84 Å². The summed E-state index contributed by atoms with van der Waals surface area (Å²) in [5, 5.41) is 9.19. The molecular weight excluding hydrogens is 292 g/mol. The quantitative estimate of drug-likeness (QED) is 0.902. The normalized spacial score (nSPS) is 22.4. The van der Waals surface area contributed by atoms with E-state index in [1.807, 2.05) is 13.8 Å². The first-order chi connectivity index (χ1) is 9.83. The van der Waals surface area contributed by atoms with Crippen LogP contribution in [0, 0.1) is 0 Å². The van der Waals surface area contributed by atoms with Crippen LogP contribution < -0.4 is 0 Å². The van der Waals surface area contributed by atoms with E-state index in [4.69, 9.17) is 4.74 Å². The molecule has 21 heavy (non-hydrogen) atoms. The minimum atomic E-state index is -3.54. The number of hydrogen-bond donors (Lipinski definition) is 1. The summed E-state index contributed by atoms with van der Waals surface area (Å²) in [5.74, 6) is -1.20. The molecule has 0 spiro atoms. The van der Waals surface area contributed by atoms with Gasteiger partial charge in [0.1, 0.15) is 0 Å². The van der Waals surface area contributed by atoms with E-state index in [2.05, 4.69) is 0 Å². The summed E-state index contributed by atoms with van der Waals surface area (Å²) in [6.45, 7) is 3.76. The molecule has 0 radical (unpaired) electrons. The fourth-order valence-electron chi connectivity index (χ4n) is 2.61. The van der Waals surface area contributed by atoms with Crippen molar-refractivity contribution in [2.75, 3.05) is 5.75 Å². The Hall–Kier alpha value is -1.40. The summed E-state index contributed by atoms with van der Waals surface area (Å²) in [4.78, 5) is 11.3. The molecule has 1 heterocycles.